The topological polar surface area (TPSA) is 74.5 Å². The van der Waals surface area contributed by atoms with Crippen LogP contribution in [0.15, 0.2) is 58.2 Å². The van der Waals surface area contributed by atoms with Crippen LogP contribution in [0, 0.1) is 0 Å². The summed E-state index contributed by atoms with van der Waals surface area (Å²) >= 11 is 7.55. The van der Waals surface area contributed by atoms with Gasteiger partial charge in [-0.05, 0) is 51.0 Å². The second kappa shape index (κ2) is 10.7. The number of hydrogen-bond donors (Lipinski definition) is 0. The van der Waals surface area contributed by atoms with Crippen molar-refractivity contribution in [3.63, 3.8) is 0 Å². The fourth-order valence-corrected chi connectivity index (χ4v) is 3.53. The van der Waals surface area contributed by atoms with Crippen LogP contribution in [0.4, 0.5) is 0 Å². The van der Waals surface area contributed by atoms with E-state index >= 15 is 0 Å². The Labute approximate surface area is 191 Å². The Morgan fingerprint density at radius 3 is 2.65 bits per heavy atom. The third kappa shape index (κ3) is 7.60. The molecule has 164 valence electrons. The predicted molar refractivity (Wildman–Crippen MR) is 121 cm³/mol. The van der Waals surface area contributed by atoms with Crippen LogP contribution in [-0.4, -0.2) is 27.5 Å². The van der Waals surface area contributed by atoms with E-state index in [0.29, 0.717) is 52.7 Å². The highest BCUT2D eigenvalue weighted by molar-refractivity contribution is 7.99. The van der Waals surface area contributed by atoms with Crippen LogP contribution in [0.5, 0.6) is 5.75 Å². The zero-order chi connectivity index (χ0) is 22.3. The summed E-state index contributed by atoms with van der Waals surface area (Å²) in [6, 6.07) is 15.1. The molecular formula is C23H25ClN2O4S. The van der Waals surface area contributed by atoms with Crippen LogP contribution in [0.3, 0.4) is 0 Å². The monoisotopic (exact) mass is 460 g/mol. The van der Waals surface area contributed by atoms with Gasteiger partial charge in [-0.15, -0.1) is 10.2 Å². The summed E-state index contributed by atoms with van der Waals surface area (Å²) in [6.07, 6.45) is 1.00. The van der Waals surface area contributed by atoms with Crippen molar-refractivity contribution in [1.29, 1.82) is 0 Å². The van der Waals surface area contributed by atoms with E-state index in [4.69, 9.17) is 25.5 Å². The van der Waals surface area contributed by atoms with Gasteiger partial charge in [0.25, 0.3) is 11.1 Å². The van der Waals surface area contributed by atoms with Crippen molar-refractivity contribution in [2.45, 2.75) is 51.0 Å². The van der Waals surface area contributed by atoms with Gasteiger partial charge in [-0.1, -0.05) is 53.7 Å². The number of ether oxygens (including phenoxy) is 2. The molecule has 0 unspecified atom stereocenters. The SMILES string of the molecule is CC(C)(C)OC(=O)CCCSc1nnc(-c2ccc(Cl)cc2OCc2ccccc2)o1. The van der Waals surface area contributed by atoms with Crippen molar-refractivity contribution in [3.8, 4) is 17.2 Å². The minimum atomic E-state index is -0.468. The van der Waals surface area contributed by atoms with Crippen LogP contribution in [0.25, 0.3) is 11.5 Å². The fourth-order valence-electron chi connectivity index (χ4n) is 2.67. The molecule has 1 aromatic heterocycles. The van der Waals surface area contributed by atoms with Gasteiger partial charge >= 0.3 is 5.97 Å². The van der Waals surface area contributed by atoms with Gasteiger partial charge in [0.2, 0.25) is 0 Å². The second-order valence-corrected chi connectivity index (χ2v) is 9.31. The minimum Gasteiger partial charge on any atom is -0.488 e. The molecule has 0 spiro atoms. The molecule has 1 heterocycles. The van der Waals surface area contributed by atoms with Gasteiger partial charge in [0.15, 0.2) is 0 Å². The lowest BCUT2D eigenvalue weighted by Crippen LogP contribution is -2.23. The maximum atomic E-state index is 11.8. The summed E-state index contributed by atoms with van der Waals surface area (Å²) in [5.41, 5.74) is 1.25. The quantitative estimate of drug-likeness (QED) is 0.214. The average Bonchev–Trinajstić information content (AvgIpc) is 3.18. The number of carbonyl (C=O) groups excluding carboxylic acids is 1. The number of esters is 1. The normalized spacial score (nSPS) is 11.4. The van der Waals surface area contributed by atoms with E-state index in [2.05, 4.69) is 10.2 Å². The maximum absolute atomic E-state index is 11.8. The molecule has 8 heteroatoms. The molecule has 0 fully saturated rings. The second-order valence-electron chi connectivity index (χ2n) is 7.83. The summed E-state index contributed by atoms with van der Waals surface area (Å²) in [4.78, 5) is 11.8. The van der Waals surface area contributed by atoms with Crippen LogP contribution in [-0.2, 0) is 16.1 Å². The highest BCUT2D eigenvalue weighted by Gasteiger charge is 2.17. The number of halogens is 1. The van der Waals surface area contributed by atoms with Crippen LogP contribution in [0.1, 0.15) is 39.2 Å². The molecule has 3 aromatic rings. The number of carbonyl (C=O) groups is 1. The van der Waals surface area contributed by atoms with Gasteiger partial charge in [0, 0.05) is 17.2 Å². The largest absolute Gasteiger partial charge is 0.488 e. The van der Waals surface area contributed by atoms with Gasteiger partial charge < -0.3 is 13.9 Å². The number of rotatable bonds is 9. The lowest BCUT2D eigenvalue weighted by molar-refractivity contribution is -0.154. The maximum Gasteiger partial charge on any atom is 0.306 e. The first-order valence-corrected chi connectivity index (χ1v) is 11.3. The third-order valence-electron chi connectivity index (χ3n) is 3.99. The molecular weight excluding hydrogens is 436 g/mol. The number of benzene rings is 2. The molecule has 0 bridgehead atoms. The van der Waals surface area contributed by atoms with Gasteiger partial charge in [0.1, 0.15) is 18.0 Å². The molecule has 0 saturated heterocycles. The van der Waals surface area contributed by atoms with Gasteiger partial charge in [0.05, 0.1) is 5.56 Å². The van der Waals surface area contributed by atoms with E-state index in [1.807, 2.05) is 51.1 Å². The van der Waals surface area contributed by atoms with Crippen LogP contribution >= 0.6 is 23.4 Å². The van der Waals surface area contributed by atoms with E-state index in [-0.39, 0.29) is 5.97 Å². The lowest BCUT2D eigenvalue weighted by atomic mass is 10.2. The molecule has 0 saturated carbocycles. The molecule has 0 amide bonds. The van der Waals surface area contributed by atoms with E-state index in [9.17, 15) is 4.79 Å². The molecule has 0 aliphatic heterocycles. The minimum absolute atomic E-state index is 0.208. The van der Waals surface area contributed by atoms with Crippen molar-refractivity contribution >= 4 is 29.3 Å². The Balaban J connectivity index is 1.58. The fraction of sp³-hybridized carbons (Fsp3) is 0.348. The van der Waals surface area contributed by atoms with Crippen molar-refractivity contribution in [2.24, 2.45) is 0 Å². The summed E-state index contributed by atoms with van der Waals surface area (Å²) in [7, 11) is 0. The molecule has 0 atom stereocenters. The first-order chi connectivity index (χ1) is 14.8. The number of thioether (sulfide) groups is 1. The van der Waals surface area contributed by atoms with Gasteiger partial charge in [-0.25, -0.2) is 0 Å². The smallest absolute Gasteiger partial charge is 0.306 e. The molecule has 6 nitrogen and oxygen atoms in total. The van der Waals surface area contributed by atoms with E-state index in [0.717, 1.165) is 5.56 Å². The van der Waals surface area contributed by atoms with Crippen molar-refractivity contribution in [3.05, 3.63) is 59.1 Å². The van der Waals surface area contributed by atoms with Crippen molar-refractivity contribution in [2.75, 3.05) is 5.75 Å². The summed E-state index contributed by atoms with van der Waals surface area (Å²) in [5.74, 6) is 1.38. The molecule has 2 aromatic carbocycles. The summed E-state index contributed by atoms with van der Waals surface area (Å²) < 4.78 is 17.1. The van der Waals surface area contributed by atoms with Crippen LogP contribution in [0.2, 0.25) is 5.02 Å². The molecule has 0 aliphatic rings. The van der Waals surface area contributed by atoms with Gasteiger partial charge in [-0.3, -0.25) is 4.79 Å². The molecule has 0 radical (unpaired) electrons. The third-order valence-corrected chi connectivity index (χ3v) is 5.13. The van der Waals surface area contributed by atoms with E-state index in [1.165, 1.54) is 11.8 Å². The highest BCUT2D eigenvalue weighted by atomic mass is 35.5. The highest BCUT2D eigenvalue weighted by Crippen LogP contribution is 2.33. The zero-order valence-corrected chi connectivity index (χ0v) is 19.3. The van der Waals surface area contributed by atoms with Crippen LogP contribution < -0.4 is 4.74 Å². The number of aromatic nitrogens is 2. The first-order valence-electron chi connectivity index (χ1n) is 9.95. The Kier molecular flexibility index (Phi) is 7.98. The predicted octanol–water partition coefficient (Wildman–Crippen LogP) is 6.18. The molecule has 0 aliphatic carbocycles. The number of hydrogen-bond acceptors (Lipinski definition) is 7. The van der Waals surface area contributed by atoms with Crippen molar-refractivity contribution in [1.82, 2.24) is 10.2 Å². The molecule has 0 N–H and O–H groups in total. The summed E-state index contributed by atoms with van der Waals surface area (Å²) in [5, 5.41) is 9.23. The molecule has 3 rings (SSSR count). The van der Waals surface area contributed by atoms with Crippen molar-refractivity contribution < 1.29 is 18.7 Å². The Bertz CT molecular complexity index is 1000. The standard InChI is InChI=1S/C23H25ClN2O4S/c1-23(2,3)30-20(27)10-7-13-31-22-26-25-21(29-22)18-12-11-17(24)14-19(18)28-15-16-8-5-4-6-9-16/h4-6,8-9,11-12,14H,7,10,13,15H2,1-3H3. The Hall–Kier alpha value is -2.51. The Morgan fingerprint density at radius 1 is 1.13 bits per heavy atom. The van der Waals surface area contributed by atoms with Gasteiger partial charge in [-0.2, -0.15) is 0 Å². The first kappa shape index (κ1) is 23.2. The molecule has 31 heavy (non-hydrogen) atoms. The average molecular weight is 461 g/mol. The number of nitrogens with zero attached hydrogens (tertiary/aromatic N) is 2. The summed E-state index contributed by atoms with van der Waals surface area (Å²) in [6.45, 7) is 5.96. The van der Waals surface area contributed by atoms with E-state index < -0.39 is 5.60 Å². The van der Waals surface area contributed by atoms with E-state index in [1.54, 1.807) is 18.2 Å². The Morgan fingerprint density at radius 2 is 1.90 bits per heavy atom. The zero-order valence-electron chi connectivity index (χ0n) is 17.8. The lowest BCUT2D eigenvalue weighted by Gasteiger charge is -2.19.